The molecule has 2 nitrogen and oxygen atoms in total. The van der Waals surface area contributed by atoms with E-state index in [1.54, 1.807) is 5.57 Å². The van der Waals surface area contributed by atoms with Gasteiger partial charge in [0.1, 0.15) is 5.75 Å². The van der Waals surface area contributed by atoms with Gasteiger partial charge in [0.2, 0.25) is 6.29 Å². The fourth-order valence-electron chi connectivity index (χ4n) is 2.93. The molecule has 1 aliphatic carbocycles. The van der Waals surface area contributed by atoms with Gasteiger partial charge in [0.25, 0.3) is 0 Å². The van der Waals surface area contributed by atoms with Crippen LogP contribution in [0.1, 0.15) is 51.5 Å². The molecule has 1 saturated carbocycles. The van der Waals surface area contributed by atoms with Crippen molar-refractivity contribution in [3.63, 3.8) is 0 Å². The molecule has 0 saturated heterocycles. The molecule has 108 valence electrons. The van der Waals surface area contributed by atoms with Crippen LogP contribution < -0.4 is 4.74 Å². The highest BCUT2D eigenvalue weighted by molar-refractivity contribution is 5.33. The Morgan fingerprint density at radius 2 is 1.95 bits per heavy atom. The molecule has 1 unspecified atom stereocenters. The number of hydrogen-bond donors (Lipinski definition) is 0. The van der Waals surface area contributed by atoms with E-state index in [0.29, 0.717) is 12.0 Å². The van der Waals surface area contributed by atoms with E-state index in [1.165, 1.54) is 25.7 Å². The summed E-state index contributed by atoms with van der Waals surface area (Å²) < 4.78 is 11.7. The molecule has 1 aromatic carbocycles. The second-order valence-electron chi connectivity index (χ2n) is 6.73. The van der Waals surface area contributed by atoms with E-state index in [9.17, 15) is 0 Å². The maximum Gasteiger partial charge on any atom is 0.203 e. The molecule has 0 spiro atoms. The molecular formula is C18H24O2. The zero-order valence-corrected chi connectivity index (χ0v) is 12.5. The summed E-state index contributed by atoms with van der Waals surface area (Å²) in [6.07, 6.45) is 8.15. The predicted octanol–water partition coefficient (Wildman–Crippen LogP) is 4.84. The second kappa shape index (κ2) is 5.61. The predicted molar refractivity (Wildman–Crippen MR) is 80.6 cm³/mol. The molecule has 1 heterocycles. The minimum atomic E-state index is -0.118. The fourth-order valence-corrected chi connectivity index (χ4v) is 2.93. The molecular weight excluding hydrogens is 248 g/mol. The largest absolute Gasteiger partial charge is 0.464 e. The summed E-state index contributed by atoms with van der Waals surface area (Å²) in [4.78, 5) is 0. The van der Waals surface area contributed by atoms with Crippen LogP contribution >= 0.6 is 0 Å². The molecule has 20 heavy (non-hydrogen) atoms. The van der Waals surface area contributed by atoms with Gasteiger partial charge in [0.05, 0.1) is 6.61 Å². The van der Waals surface area contributed by atoms with Crippen molar-refractivity contribution in [2.24, 2.45) is 5.41 Å². The van der Waals surface area contributed by atoms with Crippen molar-refractivity contribution in [1.82, 2.24) is 0 Å². The molecule has 1 atom stereocenters. The van der Waals surface area contributed by atoms with E-state index in [4.69, 9.17) is 9.47 Å². The molecule has 0 bridgehead atoms. The Bertz CT molecular complexity index is 490. The van der Waals surface area contributed by atoms with Crippen molar-refractivity contribution >= 4 is 0 Å². The molecule has 1 fully saturated rings. The molecule has 1 aliphatic heterocycles. The third-order valence-electron chi connectivity index (χ3n) is 4.50. The quantitative estimate of drug-likeness (QED) is 0.717. The van der Waals surface area contributed by atoms with Crippen molar-refractivity contribution in [2.75, 3.05) is 0 Å². The van der Waals surface area contributed by atoms with Gasteiger partial charge in [-0.1, -0.05) is 43.7 Å². The highest BCUT2D eigenvalue weighted by Crippen LogP contribution is 2.38. The highest BCUT2D eigenvalue weighted by Gasteiger charge is 2.24. The van der Waals surface area contributed by atoms with E-state index in [2.05, 4.69) is 26.0 Å². The lowest BCUT2D eigenvalue weighted by Gasteiger charge is -2.31. The molecule has 0 aromatic heterocycles. The minimum Gasteiger partial charge on any atom is -0.464 e. The average molecular weight is 272 g/mol. The number of allylic oxidation sites excluding steroid dienone is 1. The molecule has 3 rings (SSSR count). The number of para-hydroxylation sites is 1. The summed E-state index contributed by atoms with van der Waals surface area (Å²) in [5.74, 6) is 0.979. The van der Waals surface area contributed by atoms with Crippen LogP contribution in [0, 0.1) is 5.41 Å². The van der Waals surface area contributed by atoms with Crippen molar-refractivity contribution in [2.45, 2.75) is 58.8 Å². The molecule has 2 heteroatoms. The van der Waals surface area contributed by atoms with Crippen molar-refractivity contribution in [3.8, 4) is 5.75 Å². The van der Waals surface area contributed by atoms with Crippen LogP contribution in [0.5, 0.6) is 5.75 Å². The first kappa shape index (κ1) is 13.7. The topological polar surface area (TPSA) is 18.5 Å². The number of rotatable bonds is 2. The number of benzene rings is 1. The Kier molecular flexibility index (Phi) is 3.84. The van der Waals surface area contributed by atoms with Crippen LogP contribution in [0.3, 0.4) is 0 Å². The lowest BCUT2D eigenvalue weighted by molar-refractivity contribution is -0.105. The number of ether oxygens (including phenoxy) is 2. The summed E-state index contributed by atoms with van der Waals surface area (Å²) in [5.41, 5.74) is 3.25. The second-order valence-corrected chi connectivity index (χ2v) is 6.73. The van der Waals surface area contributed by atoms with Gasteiger partial charge in [-0.3, -0.25) is 0 Å². The van der Waals surface area contributed by atoms with Gasteiger partial charge in [0.15, 0.2) is 0 Å². The van der Waals surface area contributed by atoms with Gasteiger partial charge < -0.3 is 9.47 Å². The monoisotopic (exact) mass is 272 g/mol. The van der Waals surface area contributed by atoms with Crippen LogP contribution in [0.4, 0.5) is 0 Å². The third kappa shape index (κ3) is 3.24. The van der Waals surface area contributed by atoms with E-state index in [1.807, 2.05) is 18.2 Å². The zero-order chi connectivity index (χ0) is 14.0. The van der Waals surface area contributed by atoms with Crippen molar-refractivity contribution in [3.05, 3.63) is 41.5 Å². The first-order valence-electron chi connectivity index (χ1n) is 7.66. The summed E-state index contributed by atoms with van der Waals surface area (Å²) >= 11 is 0. The fraction of sp³-hybridized carbons (Fsp3) is 0.556. The maximum atomic E-state index is 5.90. The standard InChI is InChI=1S/C18H24O2/c1-18(2)11-9-14(10-12-18)7-8-17-19-13-15-5-3-4-6-16(15)20-17/h3-7,17H,8-13H2,1-2H3. The Balaban J connectivity index is 1.55. The summed E-state index contributed by atoms with van der Waals surface area (Å²) in [5, 5.41) is 0. The third-order valence-corrected chi connectivity index (χ3v) is 4.50. The Morgan fingerprint density at radius 1 is 1.20 bits per heavy atom. The lowest BCUT2D eigenvalue weighted by Crippen LogP contribution is -2.25. The van der Waals surface area contributed by atoms with E-state index >= 15 is 0 Å². The first-order chi connectivity index (χ1) is 9.62. The van der Waals surface area contributed by atoms with Crippen LogP contribution in [-0.2, 0) is 11.3 Å². The molecule has 1 aromatic rings. The summed E-state index contributed by atoms with van der Waals surface area (Å²) in [6.45, 7) is 5.40. The minimum absolute atomic E-state index is 0.118. The maximum absolute atomic E-state index is 5.90. The molecule has 0 N–H and O–H groups in total. The van der Waals surface area contributed by atoms with Gasteiger partial charge in [-0.05, 0) is 37.2 Å². The van der Waals surface area contributed by atoms with E-state index in [-0.39, 0.29) is 6.29 Å². The SMILES string of the molecule is CC1(C)CCC(=CCC2OCc3ccccc3O2)CC1. The normalized spacial score (nSPS) is 24.7. The van der Waals surface area contributed by atoms with Crippen LogP contribution in [0.25, 0.3) is 0 Å². The van der Waals surface area contributed by atoms with Gasteiger partial charge in [-0.2, -0.15) is 0 Å². The molecule has 0 radical (unpaired) electrons. The van der Waals surface area contributed by atoms with Crippen LogP contribution in [0.15, 0.2) is 35.9 Å². The van der Waals surface area contributed by atoms with Gasteiger partial charge in [-0.15, -0.1) is 0 Å². The average Bonchev–Trinajstić information content (AvgIpc) is 2.46. The Hall–Kier alpha value is -1.28. The molecule has 0 amide bonds. The summed E-state index contributed by atoms with van der Waals surface area (Å²) in [6, 6.07) is 8.13. The highest BCUT2D eigenvalue weighted by atomic mass is 16.7. The smallest absolute Gasteiger partial charge is 0.203 e. The number of hydrogen-bond acceptors (Lipinski definition) is 2. The first-order valence-corrected chi connectivity index (χ1v) is 7.66. The Labute approximate surface area is 121 Å². The van der Waals surface area contributed by atoms with Crippen LogP contribution in [0.2, 0.25) is 0 Å². The number of fused-ring (bicyclic) bond motifs is 1. The lowest BCUT2D eigenvalue weighted by atomic mass is 9.75. The van der Waals surface area contributed by atoms with Gasteiger partial charge in [0, 0.05) is 12.0 Å². The van der Waals surface area contributed by atoms with Crippen LogP contribution in [-0.4, -0.2) is 6.29 Å². The van der Waals surface area contributed by atoms with Crippen molar-refractivity contribution in [1.29, 1.82) is 0 Å². The van der Waals surface area contributed by atoms with Gasteiger partial charge in [-0.25, -0.2) is 0 Å². The Morgan fingerprint density at radius 3 is 2.75 bits per heavy atom. The van der Waals surface area contributed by atoms with E-state index in [0.717, 1.165) is 17.7 Å². The zero-order valence-electron chi connectivity index (χ0n) is 12.5. The van der Waals surface area contributed by atoms with Gasteiger partial charge >= 0.3 is 0 Å². The summed E-state index contributed by atoms with van der Waals surface area (Å²) in [7, 11) is 0. The van der Waals surface area contributed by atoms with Crippen molar-refractivity contribution < 1.29 is 9.47 Å². The van der Waals surface area contributed by atoms with E-state index < -0.39 is 0 Å². The molecule has 2 aliphatic rings.